The van der Waals surface area contributed by atoms with Crippen molar-refractivity contribution in [2.24, 2.45) is 0 Å². The summed E-state index contributed by atoms with van der Waals surface area (Å²) in [7, 11) is -0.226. The molecule has 0 spiro atoms. The third-order valence-corrected chi connectivity index (χ3v) is 6.21. The topological polar surface area (TPSA) is 109 Å². The predicted octanol–water partition coefficient (Wildman–Crippen LogP) is 1.24. The van der Waals surface area contributed by atoms with Crippen LogP contribution in [0.5, 0.6) is 0 Å². The Balaban J connectivity index is 2.11. The summed E-state index contributed by atoms with van der Waals surface area (Å²) < 4.78 is 31.3. The van der Waals surface area contributed by atoms with Crippen LogP contribution in [0.4, 0.5) is 0 Å². The van der Waals surface area contributed by atoms with Crippen molar-refractivity contribution in [3.8, 4) is 0 Å². The lowest BCUT2D eigenvalue weighted by atomic mass is 10.3. The summed E-state index contributed by atoms with van der Waals surface area (Å²) in [6, 6.07) is 8.73. The third-order valence-electron chi connectivity index (χ3n) is 3.88. The van der Waals surface area contributed by atoms with Gasteiger partial charge in [0.15, 0.2) is 9.84 Å². The molecule has 28 heavy (non-hydrogen) atoms. The minimum absolute atomic E-state index is 0.0305. The van der Waals surface area contributed by atoms with Gasteiger partial charge in [-0.05, 0) is 50.5 Å². The first-order valence-corrected chi connectivity index (χ1v) is 10.4. The van der Waals surface area contributed by atoms with Crippen LogP contribution in [0.25, 0.3) is 0 Å². The van der Waals surface area contributed by atoms with Crippen LogP contribution in [-0.4, -0.2) is 58.9 Å². The Hall–Kier alpha value is -2.36. The predicted molar refractivity (Wildman–Crippen MR) is 105 cm³/mol. The molecule has 0 fully saturated rings. The lowest BCUT2D eigenvalue weighted by Gasteiger charge is -2.17. The van der Waals surface area contributed by atoms with Crippen LogP contribution in [0.15, 0.2) is 52.0 Å². The number of carbonyl (C=O) groups is 2. The fraction of sp³-hybridized carbons (Fsp3) is 0.333. The number of carbonyl (C=O) groups excluding carboxylic acids is 2. The molecule has 2 rings (SSSR count). The van der Waals surface area contributed by atoms with Crippen LogP contribution in [0.3, 0.4) is 0 Å². The number of nitrogens with one attached hydrogen (secondary N) is 2. The fourth-order valence-corrected chi connectivity index (χ4v) is 4.08. The molecule has 2 amide bonds. The maximum Gasteiger partial charge on any atom is 0.309 e. The van der Waals surface area contributed by atoms with Crippen molar-refractivity contribution >= 4 is 33.3 Å². The molecule has 10 heteroatoms. The molecule has 152 valence electrons. The van der Waals surface area contributed by atoms with Crippen LogP contribution in [-0.2, 0) is 19.4 Å². The molecule has 8 nitrogen and oxygen atoms in total. The van der Waals surface area contributed by atoms with E-state index >= 15 is 0 Å². The number of rotatable bonds is 8. The van der Waals surface area contributed by atoms with Crippen molar-refractivity contribution in [2.75, 3.05) is 33.7 Å². The largest absolute Gasteiger partial charge is 0.468 e. The smallest absolute Gasteiger partial charge is 0.309 e. The maximum absolute atomic E-state index is 13.0. The summed E-state index contributed by atoms with van der Waals surface area (Å²) in [6.07, 6.45) is 1.34. The molecular weight excluding hydrogens is 406 g/mol. The van der Waals surface area contributed by atoms with E-state index in [2.05, 4.69) is 10.6 Å². The quantitative estimate of drug-likeness (QED) is 0.613. The first kappa shape index (κ1) is 21.9. The highest BCUT2D eigenvalue weighted by Gasteiger charge is 2.32. The molecular formula is C18H22ClN3O5S. The second kappa shape index (κ2) is 9.72. The SMILES string of the molecule is CN(C)CCNC(=O)C(=O)NCC(c1ccco1)S(=O)(=O)c1ccc(Cl)cc1. The standard InChI is InChI=1S/C18H22ClN3O5S/c1-22(2)10-9-20-17(23)18(24)21-12-16(15-4-3-11-27-15)28(25,26)14-7-5-13(19)6-8-14/h3-8,11,16H,9-10,12H2,1-2H3,(H,20,23)(H,21,24). The minimum atomic E-state index is -3.90. The summed E-state index contributed by atoms with van der Waals surface area (Å²) >= 11 is 5.82. The van der Waals surface area contributed by atoms with Gasteiger partial charge in [-0.3, -0.25) is 9.59 Å². The number of hydrogen-bond donors (Lipinski definition) is 2. The van der Waals surface area contributed by atoms with Crippen LogP contribution >= 0.6 is 11.6 Å². The molecule has 2 N–H and O–H groups in total. The average Bonchev–Trinajstić information content (AvgIpc) is 3.15. The highest BCUT2D eigenvalue weighted by atomic mass is 35.5. The number of furan rings is 1. The first-order valence-electron chi connectivity index (χ1n) is 8.45. The Labute approximate surface area is 168 Å². The van der Waals surface area contributed by atoms with E-state index in [9.17, 15) is 18.0 Å². The summed E-state index contributed by atoms with van der Waals surface area (Å²) in [5.74, 6) is -1.59. The average molecular weight is 428 g/mol. The van der Waals surface area contributed by atoms with E-state index < -0.39 is 26.9 Å². The Morgan fingerprint density at radius 2 is 1.75 bits per heavy atom. The maximum atomic E-state index is 13.0. The van der Waals surface area contributed by atoms with Crippen LogP contribution < -0.4 is 10.6 Å². The van der Waals surface area contributed by atoms with E-state index in [-0.39, 0.29) is 17.2 Å². The minimum Gasteiger partial charge on any atom is -0.468 e. The molecule has 0 radical (unpaired) electrons. The van der Waals surface area contributed by atoms with Crippen LogP contribution in [0.1, 0.15) is 11.0 Å². The Bertz CT molecular complexity index is 896. The number of amides is 2. The second-order valence-electron chi connectivity index (χ2n) is 6.27. The van der Waals surface area contributed by atoms with Crippen molar-refractivity contribution < 1.29 is 22.4 Å². The molecule has 0 saturated carbocycles. The highest BCUT2D eigenvalue weighted by Crippen LogP contribution is 2.29. The lowest BCUT2D eigenvalue weighted by Crippen LogP contribution is -2.43. The zero-order valence-electron chi connectivity index (χ0n) is 15.5. The number of hydrogen-bond acceptors (Lipinski definition) is 6. The van der Waals surface area contributed by atoms with E-state index in [4.69, 9.17) is 16.0 Å². The molecule has 1 unspecified atom stereocenters. The zero-order valence-corrected chi connectivity index (χ0v) is 17.1. The molecule has 2 aromatic rings. The van der Waals surface area contributed by atoms with Crippen LogP contribution in [0, 0.1) is 0 Å². The molecule has 0 saturated heterocycles. The highest BCUT2D eigenvalue weighted by molar-refractivity contribution is 7.91. The van der Waals surface area contributed by atoms with Gasteiger partial charge in [-0.2, -0.15) is 0 Å². The summed E-state index contributed by atoms with van der Waals surface area (Å²) in [6.45, 7) is 0.543. The molecule has 1 atom stereocenters. The van der Waals surface area contributed by atoms with E-state index in [1.165, 1.54) is 36.6 Å². The Morgan fingerprint density at radius 3 is 2.32 bits per heavy atom. The second-order valence-corrected chi connectivity index (χ2v) is 8.84. The normalized spacial score (nSPS) is 12.6. The van der Waals surface area contributed by atoms with E-state index in [1.807, 2.05) is 19.0 Å². The number of benzene rings is 1. The number of halogens is 1. The van der Waals surface area contributed by atoms with Crippen molar-refractivity contribution in [1.29, 1.82) is 0 Å². The van der Waals surface area contributed by atoms with Gasteiger partial charge in [0.25, 0.3) is 0 Å². The summed E-state index contributed by atoms with van der Waals surface area (Å²) in [5, 5.41) is 4.04. The van der Waals surface area contributed by atoms with Crippen molar-refractivity contribution in [2.45, 2.75) is 10.1 Å². The first-order chi connectivity index (χ1) is 13.2. The van der Waals surface area contributed by atoms with E-state index in [1.54, 1.807) is 6.07 Å². The fourth-order valence-electron chi connectivity index (χ4n) is 2.37. The molecule has 1 aromatic heterocycles. The van der Waals surface area contributed by atoms with Gasteiger partial charge in [0.2, 0.25) is 0 Å². The monoisotopic (exact) mass is 427 g/mol. The van der Waals surface area contributed by atoms with Crippen molar-refractivity contribution in [3.05, 3.63) is 53.4 Å². The lowest BCUT2D eigenvalue weighted by molar-refractivity contribution is -0.139. The van der Waals surface area contributed by atoms with E-state index in [0.717, 1.165) is 0 Å². The van der Waals surface area contributed by atoms with Gasteiger partial charge in [-0.1, -0.05) is 11.6 Å². The van der Waals surface area contributed by atoms with Crippen molar-refractivity contribution in [3.63, 3.8) is 0 Å². The van der Waals surface area contributed by atoms with E-state index in [0.29, 0.717) is 18.1 Å². The number of likely N-dealkylation sites (N-methyl/N-ethyl adjacent to an activating group) is 1. The molecule has 1 aromatic carbocycles. The van der Waals surface area contributed by atoms with Gasteiger partial charge < -0.3 is 20.0 Å². The van der Waals surface area contributed by atoms with Gasteiger partial charge in [0.05, 0.1) is 11.2 Å². The van der Waals surface area contributed by atoms with Gasteiger partial charge in [0.1, 0.15) is 11.0 Å². The van der Waals surface area contributed by atoms with Crippen molar-refractivity contribution in [1.82, 2.24) is 15.5 Å². The Morgan fingerprint density at radius 1 is 1.11 bits per heavy atom. The summed E-state index contributed by atoms with van der Waals surface area (Å²) in [5.41, 5.74) is 0. The molecule has 1 heterocycles. The molecule has 0 aliphatic heterocycles. The molecule has 0 aliphatic rings. The third kappa shape index (κ3) is 5.82. The molecule has 0 bridgehead atoms. The Kier molecular flexibility index (Phi) is 7.61. The van der Waals surface area contributed by atoms with Gasteiger partial charge >= 0.3 is 11.8 Å². The van der Waals surface area contributed by atoms with Gasteiger partial charge in [-0.15, -0.1) is 0 Å². The number of sulfone groups is 1. The van der Waals surface area contributed by atoms with Crippen LogP contribution in [0.2, 0.25) is 5.02 Å². The van der Waals surface area contributed by atoms with Gasteiger partial charge in [-0.25, -0.2) is 8.42 Å². The van der Waals surface area contributed by atoms with Gasteiger partial charge in [0, 0.05) is 24.7 Å². The molecule has 0 aliphatic carbocycles. The summed E-state index contributed by atoms with van der Waals surface area (Å²) in [4.78, 5) is 25.8. The zero-order chi connectivity index (χ0) is 20.7. The number of nitrogens with zero attached hydrogens (tertiary/aromatic N) is 1.